The maximum Gasteiger partial charge on any atom is 0.268 e. The zero-order valence-corrected chi connectivity index (χ0v) is 14.8. The van der Waals surface area contributed by atoms with Crippen molar-refractivity contribution in [1.29, 1.82) is 0 Å². The van der Waals surface area contributed by atoms with Gasteiger partial charge in [-0.05, 0) is 43.0 Å². The summed E-state index contributed by atoms with van der Waals surface area (Å²) in [4.78, 5) is 26.2. The molecule has 0 bridgehead atoms. The molecule has 2 rings (SSSR count). The molecule has 0 spiro atoms. The Kier molecular flexibility index (Phi) is 6.38. The molecule has 0 fully saturated rings. The van der Waals surface area contributed by atoms with Gasteiger partial charge in [0, 0.05) is 9.77 Å². The zero-order valence-electron chi connectivity index (χ0n) is 13.1. The van der Waals surface area contributed by atoms with Crippen molar-refractivity contribution in [3.63, 3.8) is 0 Å². The lowest BCUT2D eigenvalue weighted by Crippen LogP contribution is -2.51. The third kappa shape index (κ3) is 4.35. The Bertz CT molecular complexity index is 713. The van der Waals surface area contributed by atoms with E-state index in [1.165, 1.54) is 23.7 Å². The molecule has 1 aromatic carbocycles. The zero-order chi connectivity index (χ0) is 17.7. The molecule has 1 heterocycles. The average Bonchev–Trinajstić information content (AvgIpc) is 3.08. The van der Waals surface area contributed by atoms with E-state index in [-0.39, 0.29) is 0 Å². The molecule has 0 aliphatic heterocycles. The third-order valence-electron chi connectivity index (χ3n) is 3.37. The highest BCUT2D eigenvalue weighted by molar-refractivity contribution is 7.98. The Morgan fingerprint density at radius 1 is 1.17 bits per heavy atom. The van der Waals surface area contributed by atoms with Crippen LogP contribution in [0.15, 0.2) is 41.3 Å². The smallest absolute Gasteiger partial charge is 0.268 e. The van der Waals surface area contributed by atoms with Crippen LogP contribution in [-0.2, 0) is 4.79 Å². The normalized spacial score (nSPS) is 13.2. The first-order valence-corrected chi connectivity index (χ1v) is 9.17. The summed E-state index contributed by atoms with van der Waals surface area (Å²) in [7, 11) is 0. The molecule has 0 saturated carbocycles. The molecule has 4 N–H and O–H groups in total. The molecule has 0 aliphatic rings. The van der Waals surface area contributed by atoms with Gasteiger partial charge in [-0.3, -0.25) is 14.8 Å². The van der Waals surface area contributed by atoms with Crippen LogP contribution in [0.2, 0.25) is 0 Å². The summed E-state index contributed by atoms with van der Waals surface area (Å²) in [6.45, 7) is 1.35. The van der Waals surface area contributed by atoms with Gasteiger partial charge in [-0.25, -0.2) is 5.48 Å². The van der Waals surface area contributed by atoms with Crippen LogP contribution in [-0.4, -0.2) is 40.5 Å². The number of hydrogen-bond donors (Lipinski definition) is 4. The quantitative estimate of drug-likeness (QED) is 0.357. The molecule has 8 heteroatoms. The molecule has 2 unspecified atom stereocenters. The van der Waals surface area contributed by atoms with E-state index in [9.17, 15) is 14.7 Å². The van der Waals surface area contributed by atoms with Crippen LogP contribution in [0.5, 0.6) is 0 Å². The first kappa shape index (κ1) is 18.5. The van der Waals surface area contributed by atoms with Crippen molar-refractivity contribution in [3.8, 4) is 10.4 Å². The second kappa shape index (κ2) is 8.29. The van der Waals surface area contributed by atoms with E-state index < -0.39 is 24.0 Å². The minimum Gasteiger partial charge on any atom is -0.391 e. The molecule has 0 aliphatic carbocycles. The molecule has 128 valence electrons. The number of aliphatic hydroxyl groups is 1. The van der Waals surface area contributed by atoms with Crippen LogP contribution < -0.4 is 10.8 Å². The van der Waals surface area contributed by atoms with E-state index in [2.05, 4.69) is 5.32 Å². The summed E-state index contributed by atoms with van der Waals surface area (Å²) in [5, 5.41) is 20.6. The maximum absolute atomic E-state index is 12.2. The molecule has 2 aromatic rings. The minimum absolute atomic E-state index is 0.412. The number of hydroxylamine groups is 1. The predicted octanol–water partition coefficient (Wildman–Crippen LogP) is 2.12. The number of thiophene rings is 1. The first-order valence-electron chi connectivity index (χ1n) is 7.13. The van der Waals surface area contributed by atoms with Crippen LogP contribution >= 0.6 is 23.1 Å². The second-order valence-corrected chi connectivity index (χ2v) is 7.02. The fourth-order valence-electron chi connectivity index (χ4n) is 2.06. The molecular formula is C16H18N2O4S2. The van der Waals surface area contributed by atoms with E-state index in [0.29, 0.717) is 4.88 Å². The minimum atomic E-state index is -1.23. The van der Waals surface area contributed by atoms with Gasteiger partial charge in [0.05, 0.1) is 11.0 Å². The van der Waals surface area contributed by atoms with Gasteiger partial charge in [-0.2, -0.15) is 0 Å². The van der Waals surface area contributed by atoms with Gasteiger partial charge < -0.3 is 10.4 Å². The monoisotopic (exact) mass is 366 g/mol. The van der Waals surface area contributed by atoms with Crippen molar-refractivity contribution in [2.75, 3.05) is 6.26 Å². The fourth-order valence-corrected chi connectivity index (χ4v) is 3.38. The van der Waals surface area contributed by atoms with Crippen molar-refractivity contribution < 1.29 is 19.9 Å². The van der Waals surface area contributed by atoms with Gasteiger partial charge in [0.15, 0.2) is 0 Å². The topological polar surface area (TPSA) is 98.7 Å². The van der Waals surface area contributed by atoms with Gasteiger partial charge >= 0.3 is 0 Å². The standard InChI is InChI=1S/C16H18N2O4S2/c1-9(19)14(16(21)18-22)17-15(20)13-8-7-12(24-13)10-3-5-11(23-2)6-4-10/h3-9,14,19,22H,1-2H3,(H,17,20)(H,18,21). The Labute approximate surface area is 147 Å². The van der Waals surface area contributed by atoms with E-state index in [0.717, 1.165) is 15.3 Å². The average molecular weight is 366 g/mol. The number of hydrogen-bond acceptors (Lipinski definition) is 6. The summed E-state index contributed by atoms with van der Waals surface area (Å²) >= 11 is 2.94. The Hall–Kier alpha value is -1.87. The molecule has 2 atom stereocenters. The number of carbonyl (C=O) groups excluding carboxylic acids is 2. The van der Waals surface area contributed by atoms with Crippen LogP contribution in [0.3, 0.4) is 0 Å². The largest absolute Gasteiger partial charge is 0.391 e. The van der Waals surface area contributed by atoms with Gasteiger partial charge in [0.2, 0.25) is 0 Å². The molecular weight excluding hydrogens is 348 g/mol. The first-order chi connectivity index (χ1) is 11.5. The summed E-state index contributed by atoms with van der Waals surface area (Å²) < 4.78 is 0. The summed E-state index contributed by atoms with van der Waals surface area (Å²) in [5.74, 6) is -1.36. The van der Waals surface area contributed by atoms with Crippen LogP contribution in [0, 0.1) is 0 Å². The SMILES string of the molecule is CSc1ccc(-c2ccc(C(=O)NC(C(=O)NO)C(C)O)s2)cc1. The number of aliphatic hydroxyl groups excluding tert-OH is 1. The fraction of sp³-hybridized carbons (Fsp3) is 0.250. The highest BCUT2D eigenvalue weighted by Crippen LogP contribution is 2.29. The van der Waals surface area contributed by atoms with E-state index in [1.807, 2.05) is 36.6 Å². The van der Waals surface area contributed by atoms with E-state index in [4.69, 9.17) is 5.21 Å². The van der Waals surface area contributed by atoms with E-state index in [1.54, 1.807) is 17.8 Å². The van der Waals surface area contributed by atoms with Gasteiger partial charge in [0.1, 0.15) is 6.04 Å². The molecule has 0 saturated heterocycles. The highest BCUT2D eigenvalue weighted by Gasteiger charge is 2.26. The Morgan fingerprint density at radius 2 is 1.83 bits per heavy atom. The molecule has 0 radical (unpaired) electrons. The summed E-state index contributed by atoms with van der Waals surface area (Å²) in [6.07, 6.45) is 0.864. The lowest BCUT2D eigenvalue weighted by molar-refractivity contribution is -0.133. The van der Waals surface area contributed by atoms with Crippen molar-refractivity contribution in [2.24, 2.45) is 0 Å². The number of thioether (sulfide) groups is 1. The van der Waals surface area contributed by atoms with Gasteiger partial charge in [-0.1, -0.05) is 12.1 Å². The lowest BCUT2D eigenvalue weighted by atomic mass is 10.1. The predicted molar refractivity (Wildman–Crippen MR) is 94.4 cm³/mol. The van der Waals surface area contributed by atoms with Crippen LogP contribution in [0.1, 0.15) is 16.6 Å². The Morgan fingerprint density at radius 3 is 2.38 bits per heavy atom. The van der Waals surface area contributed by atoms with Crippen molar-refractivity contribution >= 4 is 34.9 Å². The number of amides is 2. The number of rotatable bonds is 6. The van der Waals surface area contributed by atoms with Gasteiger partial charge in [0.25, 0.3) is 11.8 Å². The van der Waals surface area contributed by atoms with Crippen molar-refractivity contribution in [3.05, 3.63) is 41.3 Å². The summed E-state index contributed by atoms with van der Waals surface area (Å²) in [5.41, 5.74) is 2.43. The maximum atomic E-state index is 12.2. The van der Waals surface area contributed by atoms with Crippen LogP contribution in [0.25, 0.3) is 10.4 Å². The highest BCUT2D eigenvalue weighted by atomic mass is 32.2. The van der Waals surface area contributed by atoms with E-state index >= 15 is 0 Å². The molecule has 1 aromatic heterocycles. The van der Waals surface area contributed by atoms with Gasteiger partial charge in [-0.15, -0.1) is 23.1 Å². The van der Waals surface area contributed by atoms with Crippen LogP contribution in [0.4, 0.5) is 0 Å². The lowest BCUT2D eigenvalue weighted by Gasteiger charge is -2.18. The van der Waals surface area contributed by atoms with Crippen molar-refractivity contribution in [1.82, 2.24) is 10.8 Å². The molecule has 2 amide bonds. The molecule has 6 nitrogen and oxygen atoms in total. The number of nitrogens with one attached hydrogen (secondary N) is 2. The number of carbonyl (C=O) groups is 2. The Balaban J connectivity index is 2.13. The third-order valence-corrected chi connectivity index (χ3v) is 5.24. The van der Waals surface area contributed by atoms with Crippen molar-refractivity contribution in [2.45, 2.75) is 24.0 Å². The molecule has 24 heavy (non-hydrogen) atoms. The second-order valence-electron chi connectivity index (χ2n) is 5.06. The summed E-state index contributed by atoms with van der Waals surface area (Å²) in [6, 6.07) is 10.2. The number of benzene rings is 1.